The van der Waals surface area contributed by atoms with Gasteiger partial charge in [0.05, 0.1) is 28.1 Å². The molecule has 9 heteroatoms. The highest BCUT2D eigenvalue weighted by atomic mass is 35.5. The van der Waals surface area contributed by atoms with E-state index in [1.54, 1.807) is 18.2 Å². The molecule has 146 valence electrons. The van der Waals surface area contributed by atoms with Gasteiger partial charge in [-0.25, -0.2) is 0 Å². The van der Waals surface area contributed by atoms with Crippen LogP contribution in [0.15, 0.2) is 47.6 Å². The van der Waals surface area contributed by atoms with Gasteiger partial charge in [0.2, 0.25) is 5.91 Å². The predicted octanol–water partition coefficient (Wildman–Crippen LogP) is 4.92. The molecular formula is C19H18Cl2N4O2S. The summed E-state index contributed by atoms with van der Waals surface area (Å²) in [6.45, 7) is 2.42. The Morgan fingerprint density at radius 2 is 1.96 bits per heavy atom. The van der Waals surface area contributed by atoms with Crippen molar-refractivity contribution in [2.45, 2.75) is 12.1 Å². The second-order valence-corrected chi connectivity index (χ2v) is 7.52. The Hall–Kier alpha value is -2.22. The van der Waals surface area contributed by atoms with Crippen molar-refractivity contribution < 1.29 is 9.53 Å². The van der Waals surface area contributed by atoms with Crippen molar-refractivity contribution >= 4 is 46.6 Å². The van der Waals surface area contributed by atoms with Gasteiger partial charge in [0.1, 0.15) is 5.75 Å². The molecule has 0 aliphatic heterocycles. The molecule has 0 aliphatic rings. The van der Waals surface area contributed by atoms with E-state index in [2.05, 4.69) is 15.5 Å². The minimum atomic E-state index is -0.156. The molecule has 6 nitrogen and oxygen atoms in total. The molecule has 0 unspecified atom stereocenters. The fourth-order valence-electron chi connectivity index (χ4n) is 2.49. The highest BCUT2D eigenvalue weighted by Crippen LogP contribution is 2.29. The first-order chi connectivity index (χ1) is 13.5. The van der Waals surface area contributed by atoms with Gasteiger partial charge in [-0.05, 0) is 37.3 Å². The Labute approximate surface area is 177 Å². The van der Waals surface area contributed by atoms with Gasteiger partial charge in [0.25, 0.3) is 0 Å². The van der Waals surface area contributed by atoms with Crippen LogP contribution >= 0.6 is 35.0 Å². The number of hydrogen-bond acceptors (Lipinski definition) is 5. The molecule has 0 saturated carbocycles. The molecule has 28 heavy (non-hydrogen) atoms. The van der Waals surface area contributed by atoms with E-state index in [4.69, 9.17) is 27.9 Å². The third-order valence-electron chi connectivity index (χ3n) is 3.81. The largest absolute Gasteiger partial charge is 0.492 e. The smallest absolute Gasteiger partial charge is 0.234 e. The van der Waals surface area contributed by atoms with Crippen molar-refractivity contribution in [1.29, 1.82) is 0 Å². The zero-order valence-electron chi connectivity index (χ0n) is 15.3. The number of amides is 1. The molecule has 0 bridgehead atoms. The number of carbonyl (C=O) groups excluding carboxylic acids is 1. The maximum atomic E-state index is 12.3. The van der Waals surface area contributed by atoms with E-state index in [0.717, 1.165) is 5.56 Å². The van der Waals surface area contributed by atoms with Crippen LogP contribution in [0.25, 0.3) is 11.4 Å². The van der Waals surface area contributed by atoms with Gasteiger partial charge in [-0.15, -0.1) is 10.2 Å². The molecule has 1 N–H and O–H groups in total. The summed E-state index contributed by atoms with van der Waals surface area (Å²) < 4.78 is 7.33. The number of ether oxygens (including phenoxy) is 1. The molecule has 1 amide bonds. The van der Waals surface area contributed by atoms with Crippen LogP contribution in [0, 0.1) is 0 Å². The number of carbonyl (C=O) groups is 1. The van der Waals surface area contributed by atoms with Crippen LogP contribution in [0.4, 0.5) is 5.69 Å². The van der Waals surface area contributed by atoms with E-state index < -0.39 is 0 Å². The van der Waals surface area contributed by atoms with Gasteiger partial charge in [-0.1, -0.05) is 47.1 Å². The quantitative estimate of drug-likeness (QED) is 0.532. The first-order valence-electron chi connectivity index (χ1n) is 8.49. The molecular weight excluding hydrogens is 419 g/mol. The van der Waals surface area contributed by atoms with Crippen molar-refractivity contribution in [3.05, 3.63) is 52.5 Å². The van der Waals surface area contributed by atoms with Gasteiger partial charge in [0.15, 0.2) is 11.0 Å². The SMILES string of the molecule is CCOc1ccccc1NC(=O)CSc1nnc(-c2ccc(Cl)c(Cl)c2)n1C. The summed E-state index contributed by atoms with van der Waals surface area (Å²) in [4.78, 5) is 12.3. The number of hydrogen-bond donors (Lipinski definition) is 1. The average molecular weight is 437 g/mol. The lowest BCUT2D eigenvalue weighted by atomic mass is 10.2. The average Bonchev–Trinajstić information content (AvgIpc) is 3.05. The molecule has 0 saturated heterocycles. The van der Waals surface area contributed by atoms with Gasteiger partial charge in [-0.3, -0.25) is 4.79 Å². The van der Waals surface area contributed by atoms with Crippen molar-refractivity contribution in [1.82, 2.24) is 14.8 Å². The monoisotopic (exact) mass is 436 g/mol. The molecule has 0 radical (unpaired) electrons. The topological polar surface area (TPSA) is 69.0 Å². The Morgan fingerprint density at radius 1 is 1.18 bits per heavy atom. The second-order valence-electron chi connectivity index (χ2n) is 5.76. The minimum Gasteiger partial charge on any atom is -0.492 e. The minimum absolute atomic E-state index is 0.156. The number of anilines is 1. The number of nitrogens with zero attached hydrogens (tertiary/aromatic N) is 3. The number of para-hydroxylation sites is 2. The van der Waals surface area contributed by atoms with E-state index >= 15 is 0 Å². The van der Waals surface area contributed by atoms with Gasteiger partial charge >= 0.3 is 0 Å². The molecule has 0 spiro atoms. The Balaban J connectivity index is 1.66. The van der Waals surface area contributed by atoms with Crippen LogP contribution in [0.1, 0.15) is 6.92 Å². The van der Waals surface area contributed by atoms with E-state index in [-0.39, 0.29) is 11.7 Å². The number of aromatic nitrogens is 3. The number of benzene rings is 2. The highest BCUT2D eigenvalue weighted by molar-refractivity contribution is 7.99. The summed E-state index contributed by atoms with van der Waals surface area (Å²) in [6, 6.07) is 12.6. The van der Waals surface area contributed by atoms with Crippen molar-refractivity contribution in [3.63, 3.8) is 0 Å². The Kier molecular flexibility index (Phi) is 6.83. The lowest BCUT2D eigenvalue weighted by Gasteiger charge is -2.11. The summed E-state index contributed by atoms with van der Waals surface area (Å²) in [5.74, 6) is 1.32. The van der Waals surface area contributed by atoms with Crippen LogP contribution in [0.5, 0.6) is 5.75 Å². The first-order valence-corrected chi connectivity index (χ1v) is 10.2. The standard InChI is InChI=1S/C19H18Cl2N4O2S/c1-3-27-16-7-5-4-6-15(16)22-17(26)11-28-19-24-23-18(25(19)2)12-8-9-13(20)14(21)10-12/h4-10H,3,11H2,1-2H3,(H,22,26). The summed E-state index contributed by atoms with van der Waals surface area (Å²) in [7, 11) is 1.84. The summed E-state index contributed by atoms with van der Waals surface area (Å²) in [6.07, 6.45) is 0. The van der Waals surface area contributed by atoms with E-state index in [1.807, 2.05) is 42.8 Å². The molecule has 0 atom stereocenters. The normalized spacial score (nSPS) is 10.7. The van der Waals surface area contributed by atoms with E-state index in [1.165, 1.54) is 11.8 Å². The zero-order chi connectivity index (χ0) is 20.1. The molecule has 0 aliphatic carbocycles. The molecule has 1 aromatic heterocycles. The Bertz CT molecular complexity index is 994. The predicted molar refractivity (Wildman–Crippen MR) is 113 cm³/mol. The zero-order valence-corrected chi connectivity index (χ0v) is 17.6. The fourth-order valence-corrected chi connectivity index (χ4v) is 3.50. The van der Waals surface area contributed by atoms with E-state index in [9.17, 15) is 4.79 Å². The fraction of sp³-hybridized carbons (Fsp3) is 0.211. The first kappa shape index (κ1) is 20.5. The van der Waals surface area contributed by atoms with Crippen molar-refractivity contribution in [2.24, 2.45) is 7.05 Å². The lowest BCUT2D eigenvalue weighted by Crippen LogP contribution is -2.15. The van der Waals surface area contributed by atoms with Crippen LogP contribution in [0.2, 0.25) is 10.0 Å². The maximum Gasteiger partial charge on any atom is 0.234 e. The van der Waals surface area contributed by atoms with Gasteiger partial charge in [-0.2, -0.15) is 0 Å². The van der Waals surface area contributed by atoms with Crippen LogP contribution in [-0.2, 0) is 11.8 Å². The number of rotatable bonds is 7. The van der Waals surface area contributed by atoms with Crippen molar-refractivity contribution in [3.8, 4) is 17.1 Å². The third-order valence-corrected chi connectivity index (χ3v) is 5.57. The van der Waals surface area contributed by atoms with Crippen LogP contribution < -0.4 is 10.1 Å². The number of halogens is 2. The summed E-state index contributed by atoms with van der Waals surface area (Å²) in [5, 5.41) is 12.8. The summed E-state index contributed by atoms with van der Waals surface area (Å²) in [5.41, 5.74) is 1.44. The van der Waals surface area contributed by atoms with Crippen LogP contribution in [-0.4, -0.2) is 33.0 Å². The number of nitrogens with one attached hydrogen (secondary N) is 1. The maximum absolute atomic E-state index is 12.3. The van der Waals surface area contributed by atoms with Crippen molar-refractivity contribution in [2.75, 3.05) is 17.7 Å². The lowest BCUT2D eigenvalue weighted by molar-refractivity contribution is -0.113. The summed E-state index contributed by atoms with van der Waals surface area (Å²) >= 11 is 13.3. The van der Waals surface area contributed by atoms with Gasteiger partial charge < -0.3 is 14.6 Å². The molecule has 3 aromatic rings. The number of thioether (sulfide) groups is 1. The third kappa shape index (κ3) is 4.79. The van der Waals surface area contributed by atoms with Crippen LogP contribution in [0.3, 0.4) is 0 Å². The molecule has 3 rings (SSSR count). The van der Waals surface area contributed by atoms with Gasteiger partial charge in [0, 0.05) is 12.6 Å². The second kappa shape index (κ2) is 9.32. The molecule has 1 heterocycles. The van der Waals surface area contributed by atoms with E-state index in [0.29, 0.717) is 39.1 Å². The Morgan fingerprint density at radius 3 is 2.71 bits per heavy atom. The highest BCUT2D eigenvalue weighted by Gasteiger charge is 2.14. The molecule has 2 aromatic carbocycles. The molecule has 0 fully saturated rings.